The lowest BCUT2D eigenvalue weighted by Crippen LogP contribution is -2.58. The maximum absolute atomic E-state index is 12.8. The lowest BCUT2D eigenvalue weighted by Gasteiger charge is -2.28. The van der Waals surface area contributed by atoms with Crippen LogP contribution in [-0.2, 0) is 28.8 Å². The van der Waals surface area contributed by atoms with E-state index in [1.54, 1.807) is 6.92 Å². The molecule has 6 atom stereocenters. The average Bonchev–Trinajstić information content (AvgIpc) is 3.30. The molecular formula is C21H35N5O8S. The van der Waals surface area contributed by atoms with Gasteiger partial charge in [-0.05, 0) is 25.7 Å². The van der Waals surface area contributed by atoms with Crippen LogP contribution in [0, 0.1) is 5.92 Å². The maximum Gasteiger partial charge on any atom is 0.326 e. The molecule has 6 unspecified atom stereocenters. The van der Waals surface area contributed by atoms with Crippen molar-refractivity contribution in [2.24, 2.45) is 11.7 Å². The Kier molecular flexibility index (Phi) is 12.0. The molecule has 1 rings (SSSR count). The molecule has 0 aliphatic carbocycles. The highest BCUT2D eigenvalue weighted by Crippen LogP contribution is 2.19. The third-order valence-electron chi connectivity index (χ3n) is 5.94. The molecular weight excluding hydrogens is 482 g/mol. The number of amides is 4. The van der Waals surface area contributed by atoms with E-state index in [0.29, 0.717) is 12.8 Å². The first-order valence-electron chi connectivity index (χ1n) is 11.4. The molecule has 0 aromatic rings. The SMILES string of the molecule is CCC(C)C(N)C(=O)NC(CS)C(=O)NC(C)C(=O)NC(CC(=O)O)C(=O)N1CCCC1C(=O)O. The Morgan fingerprint density at radius 3 is 2.11 bits per heavy atom. The number of carbonyl (C=O) groups is 6. The Morgan fingerprint density at radius 2 is 1.60 bits per heavy atom. The summed E-state index contributed by atoms with van der Waals surface area (Å²) in [5.41, 5.74) is 5.87. The molecule has 13 nitrogen and oxygen atoms in total. The van der Waals surface area contributed by atoms with Crippen molar-refractivity contribution in [1.29, 1.82) is 0 Å². The Bertz CT molecular complexity index is 826. The summed E-state index contributed by atoms with van der Waals surface area (Å²) in [5.74, 6) is -5.75. The van der Waals surface area contributed by atoms with Crippen LogP contribution in [0.4, 0.5) is 0 Å². The van der Waals surface area contributed by atoms with Crippen LogP contribution in [0.5, 0.6) is 0 Å². The fourth-order valence-electron chi connectivity index (χ4n) is 3.51. The summed E-state index contributed by atoms with van der Waals surface area (Å²) in [6.45, 7) is 5.10. The molecule has 1 heterocycles. The van der Waals surface area contributed by atoms with Crippen molar-refractivity contribution in [1.82, 2.24) is 20.9 Å². The molecule has 0 radical (unpaired) electrons. The van der Waals surface area contributed by atoms with Crippen molar-refractivity contribution in [3.05, 3.63) is 0 Å². The highest BCUT2D eigenvalue weighted by atomic mass is 32.1. The molecule has 35 heavy (non-hydrogen) atoms. The molecule has 0 aromatic heterocycles. The van der Waals surface area contributed by atoms with Crippen molar-refractivity contribution < 1.29 is 39.0 Å². The summed E-state index contributed by atoms with van der Waals surface area (Å²) < 4.78 is 0. The number of hydrogen-bond donors (Lipinski definition) is 7. The topological polar surface area (TPSA) is 208 Å². The number of nitrogens with two attached hydrogens (primary N) is 1. The minimum Gasteiger partial charge on any atom is -0.481 e. The van der Waals surface area contributed by atoms with Crippen LogP contribution in [0.25, 0.3) is 0 Å². The zero-order valence-electron chi connectivity index (χ0n) is 20.0. The minimum absolute atomic E-state index is 0.0786. The van der Waals surface area contributed by atoms with Crippen LogP contribution in [0.3, 0.4) is 0 Å². The zero-order chi connectivity index (χ0) is 26.9. The van der Waals surface area contributed by atoms with E-state index < -0.39 is 72.2 Å². The van der Waals surface area contributed by atoms with E-state index in [1.165, 1.54) is 6.92 Å². The van der Waals surface area contributed by atoms with Crippen LogP contribution >= 0.6 is 12.6 Å². The Morgan fingerprint density at radius 1 is 1.00 bits per heavy atom. The number of hydrogen-bond acceptors (Lipinski definition) is 8. The summed E-state index contributed by atoms with van der Waals surface area (Å²) >= 11 is 4.06. The lowest BCUT2D eigenvalue weighted by atomic mass is 9.99. The number of nitrogens with zero attached hydrogens (tertiary/aromatic N) is 1. The molecule has 0 aromatic carbocycles. The number of carbonyl (C=O) groups excluding carboxylic acids is 4. The Hall–Kier alpha value is -2.87. The van der Waals surface area contributed by atoms with Crippen molar-refractivity contribution in [3.8, 4) is 0 Å². The first-order valence-corrected chi connectivity index (χ1v) is 12.0. The van der Waals surface area contributed by atoms with Crippen molar-refractivity contribution in [2.75, 3.05) is 12.3 Å². The van der Waals surface area contributed by atoms with Crippen molar-refractivity contribution in [2.45, 2.75) is 76.7 Å². The van der Waals surface area contributed by atoms with E-state index in [9.17, 15) is 39.0 Å². The third kappa shape index (κ3) is 8.69. The molecule has 14 heteroatoms. The molecule has 0 spiro atoms. The van der Waals surface area contributed by atoms with Gasteiger partial charge in [0.2, 0.25) is 23.6 Å². The Labute approximate surface area is 208 Å². The van der Waals surface area contributed by atoms with Gasteiger partial charge in [-0.25, -0.2) is 4.79 Å². The summed E-state index contributed by atoms with van der Waals surface area (Å²) in [6, 6.07) is -5.75. The number of carboxylic acids is 2. The average molecular weight is 518 g/mol. The van der Waals surface area contributed by atoms with Crippen LogP contribution in [-0.4, -0.2) is 93.2 Å². The quantitative estimate of drug-likeness (QED) is 0.139. The second kappa shape index (κ2) is 13.9. The molecule has 1 aliphatic heterocycles. The van der Waals surface area contributed by atoms with Gasteiger partial charge in [0, 0.05) is 12.3 Å². The predicted octanol–water partition coefficient (Wildman–Crippen LogP) is -1.69. The zero-order valence-corrected chi connectivity index (χ0v) is 20.9. The van der Waals surface area contributed by atoms with Gasteiger partial charge < -0.3 is 36.8 Å². The van der Waals surface area contributed by atoms with Gasteiger partial charge >= 0.3 is 11.9 Å². The summed E-state index contributed by atoms with van der Waals surface area (Å²) in [7, 11) is 0. The maximum atomic E-state index is 12.8. The smallest absolute Gasteiger partial charge is 0.326 e. The molecule has 0 bridgehead atoms. The summed E-state index contributed by atoms with van der Waals surface area (Å²) in [6.07, 6.45) is 0.542. The predicted molar refractivity (Wildman–Crippen MR) is 127 cm³/mol. The van der Waals surface area contributed by atoms with Gasteiger partial charge in [-0.2, -0.15) is 12.6 Å². The number of rotatable bonds is 13. The first kappa shape index (κ1) is 30.2. The van der Waals surface area contributed by atoms with Crippen LogP contribution in [0.15, 0.2) is 0 Å². The minimum atomic E-state index is -1.52. The number of thiol groups is 1. The Balaban J connectivity index is 2.83. The van der Waals surface area contributed by atoms with Gasteiger partial charge in [0.25, 0.3) is 0 Å². The molecule has 1 saturated heterocycles. The largest absolute Gasteiger partial charge is 0.481 e. The summed E-state index contributed by atoms with van der Waals surface area (Å²) in [5, 5.41) is 25.6. The fraction of sp³-hybridized carbons (Fsp3) is 0.714. The molecule has 7 N–H and O–H groups in total. The summed E-state index contributed by atoms with van der Waals surface area (Å²) in [4.78, 5) is 74.0. The highest BCUT2D eigenvalue weighted by molar-refractivity contribution is 7.80. The molecule has 1 aliphatic rings. The van der Waals surface area contributed by atoms with Gasteiger partial charge in [0.1, 0.15) is 24.2 Å². The highest BCUT2D eigenvalue weighted by Gasteiger charge is 2.39. The molecule has 1 fully saturated rings. The van der Waals surface area contributed by atoms with E-state index in [-0.39, 0.29) is 24.6 Å². The van der Waals surface area contributed by atoms with Gasteiger partial charge in [-0.3, -0.25) is 24.0 Å². The van der Waals surface area contributed by atoms with E-state index in [2.05, 4.69) is 28.6 Å². The van der Waals surface area contributed by atoms with E-state index >= 15 is 0 Å². The number of carboxylic acid groups (broad SMARTS) is 2. The monoisotopic (exact) mass is 517 g/mol. The van der Waals surface area contributed by atoms with Gasteiger partial charge in [0.05, 0.1) is 12.5 Å². The van der Waals surface area contributed by atoms with Gasteiger partial charge in [-0.1, -0.05) is 20.3 Å². The number of nitrogens with one attached hydrogen (secondary N) is 3. The van der Waals surface area contributed by atoms with E-state index in [0.717, 1.165) is 4.90 Å². The molecule has 0 saturated carbocycles. The second-order valence-corrected chi connectivity index (χ2v) is 8.94. The van der Waals surface area contributed by atoms with Crippen molar-refractivity contribution >= 4 is 48.2 Å². The van der Waals surface area contributed by atoms with Crippen LogP contribution in [0.1, 0.15) is 46.5 Å². The second-order valence-electron chi connectivity index (χ2n) is 8.57. The van der Waals surface area contributed by atoms with Crippen LogP contribution in [0.2, 0.25) is 0 Å². The molecule has 198 valence electrons. The van der Waals surface area contributed by atoms with Gasteiger partial charge in [-0.15, -0.1) is 0 Å². The normalized spacial score (nSPS) is 19.6. The van der Waals surface area contributed by atoms with E-state index in [1.807, 2.05) is 6.92 Å². The number of aliphatic carboxylic acids is 2. The fourth-order valence-corrected chi connectivity index (χ4v) is 3.77. The van der Waals surface area contributed by atoms with Crippen molar-refractivity contribution in [3.63, 3.8) is 0 Å². The van der Waals surface area contributed by atoms with Gasteiger partial charge in [0.15, 0.2) is 0 Å². The standard InChI is InChI=1S/C21H35N5O8S/c1-4-10(2)16(22)19(31)25-13(9-35)18(30)23-11(3)17(29)24-12(8-15(27)28)20(32)26-7-5-6-14(26)21(33)34/h10-14,16,35H,4-9,22H2,1-3H3,(H,23,30)(H,24,29)(H,25,31)(H,27,28)(H,33,34). The third-order valence-corrected chi connectivity index (χ3v) is 6.31. The molecule has 4 amide bonds. The number of likely N-dealkylation sites (tertiary alicyclic amines) is 1. The lowest BCUT2D eigenvalue weighted by molar-refractivity contribution is -0.150. The first-order chi connectivity index (χ1) is 16.3. The van der Waals surface area contributed by atoms with E-state index in [4.69, 9.17) is 5.73 Å². The van der Waals surface area contributed by atoms with Crippen LogP contribution < -0.4 is 21.7 Å².